The number of hydrogen-bond acceptors (Lipinski definition) is 6. The molecule has 2 aromatic carbocycles. The maximum Gasteiger partial charge on any atom is 0.323 e. The van der Waals surface area contributed by atoms with Crippen LogP contribution in [-0.4, -0.2) is 29.3 Å². The van der Waals surface area contributed by atoms with Gasteiger partial charge in [-0.1, -0.05) is 11.6 Å². The summed E-state index contributed by atoms with van der Waals surface area (Å²) in [6.07, 6.45) is 1.09. The second kappa shape index (κ2) is 7.42. The van der Waals surface area contributed by atoms with E-state index >= 15 is 0 Å². The Morgan fingerprint density at radius 2 is 2.00 bits per heavy atom. The molecule has 2 rings (SSSR count). The number of halogens is 1. The predicted molar refractivity (Wildman–Crippen MR) is 87.8 cm³/mol. The summed E-state index contributed by atoms with van der Waals surface area (Å²) in [6, 6.07) is 8.65. The van der Waals surface area contributed by atoms with Crippen LogP contribution in [0.25, 0.3) is 0 Å². The van der Waals surface area contributed by atoms with E-state index in [0.29, 0.717) is 10.6 Å². The van der Waals surface area contributed by atoms with Gasteiger partial charge in [-0.3, -0.25) is 14.9 Å². The van der Waals surface area contributed by atoms with Gasteiger partial charge in [0.05, 0.1) is 23.8 Å². The second-order valence-corrected chi connectivity index (χ2v) is 4.96. The highest BCUT2D eigenvalue weighted by Crippen LogP contribution is 2.37. The smallest absolute Gasteiger partial charge is 0.323 e. The average Bonchev–Trinajstić information content (AvgIpc) is 2.56. The fourth-order valence-corrected chi connectivity index (χ4v) is 2.02. The molecule has 0 aliphatic carbocycles. The van der Waals surface area contributed by atoms with Crippen LogP contribution in [0.3, 0.4) is 0 Å². The molecule has 8 nitrogen and oxygen atoms in total. The Balaban J connectivity index is 2.21. The molecular formula is C15H12ClN3O5. The van der Waals surface area contributed by atoms with Gasteiger partial charge in [0, 0.05) is 10.6 Å². The number of nitrogens with zero attached hydrogens (tertiary/aromatic N) is 2. The summed E-state index contributed by atoms with van der Waals surface area (Å²) in [5.41, 5.74) is 2.18. The van der Waals surface area contributed by atoms with Crippen molar-refractivity contribution in [2.24, 2.45) is 5.10 Å². The van der Waals surface area contributed by atoms with Crippen LogP contribution in [0.15, 0.2) is 41.5 Å². The van der Waals surface area contributed by atoms with Gasteiger partial charge in [0.15, 0.2) is 5.75 Å². The van der Waals surface area contributed by atoms with E-state index in [-0.39, 0.29) is 17.1 Å². The highest BCUT2D eigenvalue weighted by molar-refractivity contribution is 6.30. The molecular weight excluding hydrogens is 338 g/mol. The first-order chi connectivity index (χ1) is 11.4. The van der Waals surface area contributed by atoms with Gasteiger partial charge in [0.2, 0.25) is 5.75 Å². The van der Waals surface area contributed by atoms with E-state index < -0.39 is 16.5 Å². The number of carbonyl (C=O) groups is 1. The molecule has 0 aliphatic rings. The molecule has 0 radical (unpaired) electrons. The topological polar surface area (TPSA) is 114 Å². The second-order valence-electron chi connectivity index (χ2n) is 4.52. The van der Waals surface area contributed by atoms with Crippen molar-refractivity contribution in [3.63, 3.8) is 0 Å². The summed E-state index contributed by atoms with van der Waals surface area (Å²) in [5, 5.41) is 24.9. The van der Waals surface area contributed by atoms with E-state index in [1.54, 1.807) is 12.1 Å². The number of phenolic OH excluding ortho intramolecular Hbond substituents is 1. The lowest BCUT2D eigenvalue weighted by Crippen LogP contribution is -2.17. The van der Waals surface area contributed by atoms with Gasteiger partial charge in [-0.05, 0) is 36.4 Å². The summed E-state index contributed by atoms with van der Waals surface area (Å²) in [6.45, 7) is 0. The summed E-state index contributed by atoms with van der Waals surface area (Å²) in [4.78, 5) is 22.3. The van der Waals surface area contributed by atoms with Crippen LogP contribution < -0.4 is 10.2 Å². The number of hydrazone groups is 1. The lowest BCUT2D eigenvalue weighted by atomic mass is 10.1. The van der Waals surface area contributed by atoms with Gasteiger partial charge in [-0.15, -0.1) is 0 Å². The Morgan fingerprint density at radius 3 is 2.58 bits per heavy atom. The molecule has 0 heterocycles. The van der Waals surface area contributed by atoms with Crippen molar-refractivity contribution in [3.8, 4) is 11.5 Å². The van der Waals surface area contributed by atoms with Gasteiger partial charge >= 0.3 is 5.69 Å². The van der Waals surface area contributed by atoms with Crippen LogP contribution in [0.1, 0.15) is 15.9 Å². The highest BCUT2D eigenvalue weighted by atomic mass is 35.5. The molecule has 0 aromatic heterocycles. The predicted octanol–water partition coefficient (Wildman–Crippen LogP) is 2.73. The average molecular weight is 350 g/mol. The maximum atomic E-state index is 11.9. The highest BCUT2D eigenvalue weighted by Gasteiger charge is 2.23. The maximum absolute atomic E-state index is 11.9. The van der Waals surface area contributed by atoms with E-state index in [1.807, 2.05) is 0 Å². The van der Waals surface area contributed by atoms with E-state index in [9.17, 15) is 20.0 Å². The number of nitro groups is 1. The van der Waals surface area contributed by atoms with E-state index in [1.165, 1.54) is 31.4 Å². The molecule has 0 unspecified atom stereocenters. The molecule has 0 saturated heterocycles. The first kappa shape index (κ1) is 17.2. The number of phenols is 1. The SMILES string of the molecule is COc1c(O)ccc(C=NNC(=O)c2ccc(Cl)cc2)c1[N+](=O)[O-]. The quantitative estimate of drug-likeness (QED) is 0.489. The Labute approximate surface area is 141 Å². The van der Waals surface area contributed by atoms with Gasteiger partial charge in [-0.2, -0.15) is 5.10 Å². The summed E-state index contributed by atoms with van der Waals surface area (Å²) < 4.78 is 4.83. The molecule has 0 spiro atoms. The Kier molecular flexibility index (Phi) is 5.33. The standard InChI is InChI=1S/C15H12ClN3O5/c1-24-14-12(20)7-4-10(13(14)19(22)23)8-17-18-15(21)9-2-5-11(16)6-3-9/h2-8,20H,1H3,(H,18,21). The van der Waals surface area contributed by atoms with Crippen LogP contribution in [0.5, 0.6) is 11.5 Å². The van der Waals surface area contributed by atoms with E-state index in [2.05, 4.69) is 10.5 Å². The van der Waals surface area contributed by atoms with E-state index in [4.69, 9.17) is 16.3 Å². The minimum absolute atomic E-state index is 0.0612. The third-order valence-electron chi connectivity index (χ3n) is 3.00. The Bertz CT molecular complexity index is 806. The number of hydrogen-bond donors (Lipinski definition) is 2. The zero-order chi connectivity index (χ0) is 17.7. The van der Waals surface area contributed by atoms with Crippen molar-refractivity contribution in [3.05, 3.63) is 62.7 Å². The molecule has 0 atom stereocenters. The zero-order valence-corrected chi connectivity index (χ0v) is 13.1. The number of methoxy groups -OCH3 is 1. The molecule has 0 saturated carbocycles. The van der Waals surface area contributed by atoms with Crippen molar-refractivity contribution in [1.82, 2.24) is 5.43 Å². The number of amides is 1. The van der Waals surface area contributed by atoms with Gasteiger partial charge in [0.1, 0.15) is 0 Å². The molecule has 9 heteroatoms. The first-order valence-corrected chi connectivity index (χ1v) is 6.95. The van der Waals surface area contributed by atoms with Crippen LogP contribution in [0, 0.1) is 10.1 Å². The Morgan fingerprint density at radius 1 is 1.33 bits per heavy atom. The molecule has 0 fully saturated rings. The first-order valence-electron chi connectivity index (χ1n) is 6.57. The number of carbonyl (C=O) groups excluding carboxylic acids is 1. The number of rotatable bonds is 5. The molecule has 24 heavy (non-hydrogen) atoms. The molecule has 1 amide bonds. The normalized spacial score (nSPS) is 10.6. The summed E-state index contributed by atoms with van der Waals surface area (Å²) >= 11 is 5.73. The summed E-state index contributed by atoms with van der Waals surface area (Å²) in [7, 11) is 1.20. The Hall–Kier alpha value is -3.13. The van der Waals surface area contributed by atoms with Gasteiger partial charge < -0.3 is 9.84 Å². The van der Waals surface area contributed by atoms with Crippen LogP contribution in [0.2, 0.25) is 5.02 Å². The van der Waals surface area contributed by atoms with E-state index in [0.717, 1.165) is 6.21 Å². The summed E-state index contributed by atoms with van der Waals surface area (Å²) in [5.74, 6) is -1.16. The lowest BCUT2D eigenvalue weighted by Gasteiger charge is -2.06. The zero-order valence-electron chi connectivity index (χ0n) is 12.4. The number of benzene rings is 2. The largest absolute Gasteiger partial charge is 0.504 e. The minimum atomic E-state index is -0.707. The minimum Gasteiger partial charge on any atom is -0.504 e. The van der Waals surface area contributed by atoms with Crippen molar-refractivity contribution >= 4 is 29.4 Å². The third-order valence-corrected chi connectivity index (χ3v) is 3.26. The van der Waals surface area contributed by atoms with Crippen molar-refractivity contribution in [2.45, 2.75) is 0 Å². The number of ether oxygens (including phenoxy) is 1. The van der Waals surface area contributed by atoms with Gasteiger partial charge in [0.25, 0.3) is 5.91 Å². The van der Waals surface area contributed by atoms with Gasteiger partial charge in [-0.25, -0.2) is 5.43 Å². The fourth-order valence-electron chi connectivity index (χ4n) is 1.90. The lowest BCUT2D eigenvalue weighted by molar-refractivity contribution is -0.386. The van der Waals surface area contributed by atoms with Crippen molar-refractivity contribution in [2.75, 3.05) is 7.11 Å². The molecule has 0 bridgehead atoms. The van der Waals surface area contributed by atoms with Crippen LogP contribution in [0.4, 0.5) is 5.69 Å². The molecule has 2 N–H and O–H groups in total. The van der Waals surface area contributed by atoms with Crippen LogP contribution in [-0.2, 0) is 0 Å². The monoisotopic (exact) mass is 349 g/mol. The third kappa shape index (κ3) is 3.79. The number of nitro benzene ring substituents is 1. The molecule has 124 valence electrons. The van der Waals surface area contributed by atoms with Crippen molar-refractivity contribution in [1.29, 1.82) is 0 Å². The number of nitrogens with one attached hydrogen (secondary N) is 1. The number of aromatic hydroxyl groups is 1. The molecule has 0 aliphatic heterocycles. The van der Waals surface area contributed by atoms with Crippen LogP contribution >= 0.6 is 11.6 Å². The van der Waals surface area contributed by atoms with Crippen molar-refractivity contribution < 1.29 is 19.6 Å². The molecule has 2 aromatic rings. The fraction of sp³-hybridized carbons (Fsp3) is 0.0667.